The standard InChI is InChI=1S/C50H53ClF10N9O14PS2/c1-47(2,86(3,79)80)13-11-28-7-8-30(40(62-28)35(18-25-16-26(52)19-27(53)17-25)63-36(71)22-68-43-38(42(64-68)50(59,60)61)32-20-33(32)49(43,57)58)31-9-10-34(51)39-41(31)69(23-48(54,55)56)65-44(39)70(87(4,81)82)45(74)67-14-5-6-29(67)21-66(15-12-37(72)73)46(75)83-24-84-85(76,77)78/h7-10,16-17,19,29,32-33,35H,5-6,11-15,18,20-24H2,1-4H3,(H,63,71)(H,72,73)(H2,76,77,78)/t29?,32-,33?,35-/m0/s1. The summed E-state index contributed by atoms with van der Waals surface area (Å²) in [5.41, 5.74) is -5.85. The zero-order valence-electron chi connectivity index (χ0n) is 45.9. The van der Waals surface area contributed by atoms with Crippen molar-refractivity contribution < 1.29 is 109 Å². The number of aliphatic carboxylic acids is 1. The minimum Gasteiger partial charge on any atom is -0.481 e. The smallest absolute Gasteiger partial charge is 0.472 e. The number of benzene rings is 2. The Morgan fingerprint density at radius 3 is 2.21 bits per heavy atom. The number of urea groups is 1. The number of pyridine rings is 1. The van der Waals surface area contributed by atoms with Crippen molar-refractivity contribution in [3.05, 3.63) is 93.0 Å². The van der Waals surface area contributed by atoms with E-state index in [2.05, 4.69) is 20.0 Å². The van der Waals surface area contributed by atoms with E-state index in [9.17, 15) is 72.0 Å². The maximum atomic E-state index is 15.7. The highest BCUT2D eigenvalue weighted by Crippen LogP contribution is 2.68. The van der Waals surface area contributed by atoms with Gasteiger partial charge in [-0.2, -0.15) is 49.6 Å². The summed E-state index contributed by atoms with van der Waals surface area (Å²) in [5.74, 6) is -12.9. The molecule has 3 aliphatic rings. The van der Waals surface area contributed by atoms with Crippen molar-refractivity contribution in [3.63, 3.8) is 0 Å². The van der Waals surface area contributed by atoms with E-state index in [-0.39, 0.29) is 69.1 Å². The second kappa shape index (κ2) is 24.0. The molecular formula is C50H53ClF10N9O14PS2. The van der Waals surface area contributed by atoms with Crippen LogP contribution in [0.2, 0.25) is 5.02 Å². The fourth-order valence-electron chi connectivity index (χ4n) is 10.6. The number of phosphoric acid groups is 1. The van der Waals surface area contributed by atoms with Crippen molar-refractivity contribution in [2.45, 2.75) is 113 Å². The Balaban J connectivity index is 1.29. The molecule has 23 nitrogen and oxygen atoms in total. The number of sulfonamides is 1. The number of anilines is 1. The molecule has 0 bridgehead atoms. The van der Waals surface area contributed by atoms with Crippen molar-refractivity contribution in [2.24, 2.45) is 5.92 Å². The topological polar surface area (TPSA) is 303 Å². The molecule has 3 aromatic heterocycles. The largest absolute Gasteiger partial charge is 0.481 e. The number of carbonyl (C=O) groups is 4. The van der Waals surface area contributed by atoms with E-state index in [4.69, 9.17) is 31.1 Å². The highest BCUT2D eigenvalue weighted by Gasteiger charge is 2.68. The van der Waals surface area contributed by atoms with Gasteiger partial charge in [-0.1, -0.05) is 23.7 Å². The number of ether oxygens (including phenoxy) is 1. The second-order valence-corrected chi connectivity index (χ2v) is 27.8. The molecule has 0 spiro atoms. The van der Waals surface area contributed by atoms with Crippen molar-refractivity contribution in [1.82, 2.24) is 39.7 Å². The van der Waals surface area contributed by atoms with Crippen LogP contribution in [0.3, 0.4) is 0 Å². The molecule has 87 heavy (non-hydrogen) atoms. The third kappa shape index (κ3) is 14.8. The molecule has 4 amide bonds. The lowest BCUT2D eigenvalue weighted by Gasteiger charge is -2.32. The number of carboxylic acids is 1. The van der Waals surface area contributed by atoms with Gasteiger partial charge in [0, 0.05) is 60.3 Å². The number of aromatic nitrogens is 5. The number of halogens is 11. The number of hydrogen-bond acceptors (Lipinski definition) is 14. The molecule has 2 aromatic carbocycles. The van der Waals surface area contributed by atoms with Crippen LogP contribution in [0.15, 0.2) is 42.5 Å². The summed E-state index contributed by atoms with van der Waals surface area (Å²) in [7, 11) is -14.1. The number of phosphoric ester groups is 1. The number of carbonyl (C=O) groups excluding carboxylic acids is 3. The van der Waals surface area contributed by atoms with E-state index in [1.807, 2.05) is 0 Å². The number of aryl methyl sites for hydroxylation is 1. The molecular weight excluding hydrogens is 1270 g/mol. The summed E-state index contributed by atoms with van der Waals surface area (Å²) in [5, 5.41) is 18.0. The monoisotopic (exact) mass is 1320 g/mol. The number of fused-ring (bicyclic) bond motifs is 4. The van der Waals surface area contributed by atoms with Gasteiger partial charge in [-0.25, -0.2) is 44.3 Å². The van der Waals surface area contributed by atoms with E-state index in [0.29, 0.717) is 17.2 Å². The normalized spacial score (nSPS) is 18.1. The molecule has 1 saturated heterocycles. The van der Waals surface area contributed by atoms with E-state index in [1.165, 1.54) is 26.0 Å². The lowest BCUT2D eigenvalue weighted by molar-refractivity contribution is -0.143. The average Bonchev–Trinajstić information content (AvgIpc) is 1.52. The van der Waals surface area contributed by atoms with Gasteiger partial charge in [0.1, 0.15) is 30.4 Å². The van der Waals surface area contributed by atoms with Crippen LogP contribution in [-0.2, 0) is 81.3 Å². The van der Waals surface area contributed by atoms with Crippen LogP contribution < -0.4 is 9.62 Å². The predicted molar refractivity (Wildman–Crippen MR) is 285 cm³/mol. The minimum absolute atomic E-state index is 0.000506. The lowest BCUT2D eigenvalue weighted by Crippen LogP contribution is -2.52. The first kappa shape index (κ1) is 66.3. The molecule has 5 aromatic rings. The third-order valence-electron chi connectivity index (χ3n) is 14.9. The van der Waals surface area contributed by atoms with Gasteiger partial charge in [0.2, 0.25) is 22.7 Å². The summed E-state index contributed by atoms with van der Waals surface area (Å²) in [6.45, 7) is -3.61. The van der Waals surface area contributed by atoms with E-state index in [1.54, 1.807) is 0 Å². The van der Waals surface area contributed by atoms with Crippen molar-refractivity contribution >= 4 is 80.0 Å². The molecule has 8 rings (SSSR count). The van der Waals surface area contributed by atoms with Crippen LogP contribution in [0.1, 0.15) is 91.8 Å². The minimum atomic E-state index is -5.26. The number of amides is 4. The van der Waals surface area contributed by atoms with Gasteiger partial charge in [0.25, 0.3) is 5.92 Å². The molecule has 4 heterocycles. The number of nitrogens with zero attached hydrogens (tertiary/aromatic N) is 8. The highest BCUT2D eigenvalue weighted by atomic mass is 35.5. The Morgan fingerprint density at radius 2 is 1.61 bits per heavy atom. The first-order valence-electron chi connectivity index (χ1n) is 26.0. The molecule has 2 fully saturated rings. The van der Waals surface area contributed by atoms with Crippen LogP contribution in [0.25, 0.3) is 22.0 Å². The number of sulfone groups is 1. The van der Waals surface area contributed by atoms with Crippen molar-refractivity contribution in [3.8, 4) is 11.1 Å². The number of carboxylic acid groups (broad SMARTS) is 1. The highest BCUT2D eigenvalue weighted by molar-refractivity contribution is 7.93. The van der Waals surface area contributed by atoms with E-state index >= 15 is 17.6 Å². The van der Waals surface area contributed by atoms with Gasteiger partial charge in [0.15, 0.2) is 21.3 Å². The molecule has 1 saturated carbocycles. The van der Waals surface area contributed by atoms with Gasteiger partial charge < -0.3 is 34.7 Å². The quantitative estimate of drug-likeness (QED) is 0.0288. The molecule has 0 radical (unpaired) electrons. The van der Waals surface area contributed by atoms with E-state index in [0.717, 1.165) is 35.4 Å². The van der Waals surface area contributed by atoms with Crippen LogP contribution in [0, 0.1) is 17.6 Å². The van der Waals surface area contributed by atoms with Gasteiger partial charge in [0.05, 0.1) is 51.1 Å². The summed E-state index contributed by atoms with van der Waals surface area (Å²) in [6.07, 6.45) is -12.7. The molecule has 37 heteroatoms. The Hall–Kier alpha value is -6.65. The molecule has 476 valence electrons. The molecule has 2 unspecified atom stereocenters. The van der Waals surface area contributed by atoms with Gasteiger partial charge >= 0.3 is 38.3 Å². The number of alkyl halides is 8. The van der Waals surface area contributed by atoms with Crippen LogP contribution in [0.4, 0.5) is 59.3 Å². The molecule has 4 N–H and O–H groups in total. The second-order valence-electron chi connectivity index (χ2n) is 21.7. The molecule has 4 atom stereocenters. The zero-order valence-corrected chi connectivity index (χ0v) is 49.2. The molecule has 2 aliphatic carbocycles. The number of nitrogens with one attached hydrogen (secondary N) is 1. The van der Waals surface area contributed by atoms with Crippen LogP contribution >= 0.6 is 19.4 Å². The zero-order chi connectivity index (χ0) is 64.5. The molecule has 1 aliphatic heterocycles. The number of hydrogen-bond donors (Lipinski definition) is 4. The first-order chi connectivity index (χ1) is 40.1. The Bertz CT molecular complexity index is 3830. The number of rotatable bonds is 22. The lowest BCUT2D eigenvalue weighted by atomic mass is 9.93. The van der Waals surface area contributed by atoms with Gasteiger partial charge in [-0.05, 0) is 88.1 Å². The maximum Gasteiger partial charge on any atom is 0.472 e. The Kier molecular flexibility index (Phi) is 18.3. The summed E-state index contributed by atoms with van der Waals surface area (Å²) >= 11 is 6.79. The SMILES string of the molecule is CC(C)(CCc1ccc(-c2ccc(Cl)c3c(N(C(=O)N4CCCC4CN(CCC(=O)O)C(=O)OCOP(=O)(O)O)S(C)(=O)=O)nn(CC(F)(F)F)c23)c([C@H](Cc2cc(F)cc(F)c2)NC(=O)Cn2nc(C(F)(F)F)c3c2C(F)(F)C2C[C@H]32)n1)S(C)(=O)=O. The average molecular weight is 1320 g/mol. The fraction of sp³-hybridized carbons (Fsp3) is 0.500. The van der Waals surface area contributed by atoms with E-state index < -0.39 is 206 Å². The predicted octanol–water partition coefficient (Wildman–Crippen LogP) is 8.20. The van der Waals surface area contributed by atoms with Crippen LogP contribution in [-0.4, -0.2) is 146 Å². The Morgan fingerprint density at radius 1 is 0.954 bits per heavy atom. The summed E-state index contributed by atoms with van der Waals surface area (Å²) in [6, 6.07) is 2.04. The maximum absolute atomic E-state index is 15.7. The third-order valence-corrected chi connectivity index (χ3v) is 18.9. The van der Waals surface area contributed by atoms with Crippen molar-refractivity contribution in [2.75, 3.05) is 43.2 Å². The van der Waals surface area contributed by atoms with Gasteiger partial charge in [-0.15, -0.1) is 0 Å². The van der Waals surface area contributed by atoms with Crippen molar-refractivity contribution in [1.29, 1.82) is 0 Å². The Labute approximate surface area is 492 Å². The summed E-state index contributed by atoms with van der Waals surface area (Å²) in [4.78, 5) is 78.3. The first-order valence-corrected chi connectivity index (χ1v) is 31.6. The number of likely N-dealkylation sites (tertiary alicyclic amines) is 1. The fourth-order valence-corrected chi connectivity index (χ4v) is 12.3. The van der Waals surface area contributed by atoms with Gasteiger partial charge in [-0.3, -0.25) is 23.9 Å². The van der Waals surface area contributed by atoms with Crippen LogP contribution in [0.5, 0.6) is 0 Å². The summed E-state index contributed by atoms with van der Waals surface area (Å²) < 4.78 is 222.